The SMILES string of the molecule is CCc1cccc2c(/C=C3\SC(=S)N(Cc4ccco4)C3=O)cn(CC(=O)NCCOC)c12. The van der Waals surface area contributed by atoms with Gasteiger partial charge in [0.15, 0.2) is 0 Å². The Kier molecular flexibility index (Phi) is 7.32. The van der Waals surface area contributed by atoms with Crippen LogP contribution in [0.1, 0.15) is 23.8 Å². The number of fused-ring (bicyclic) bond motifs is 1. The van der Waals surface area contributed by atoms with E-state index in [1.165, 1.54) is 11.8 Å². The molecule has 7 nitrogen and oxygen atoms in total. The standard InChI is InChI=1S/C24H25N3O4S2/c1-3-16-6-4-8-19-17(13-26(22(16)19)15-21(28)25-9-11-30-2)12-20-23(29)27(24(32)33-20)14-18-7-5-10-31-18/h4-8,10,12-13H,3,9,11,14-15H2,1-2H3,(H,25,28)/b20-12-. The molecule has 1 aromatic carbocycles. The fourth-order valence-corrected chi connectivity index (χ4v) is 5.08. The number of thioether (sulfide) groups is 1. The normalized spacial score (nSPS) is 15.2. The number of hydrogen-bond donors (Lipinski definition) is 1. The third kappa shape index (κ3) is 5.05. The Morgan fingerprint density at radius 2 is 2.15 bits per heavy atom. The van der Waals surface area contributed by atoms with Gasteiger partial charge < -0.3 is 19.0 Å². The number of benzene rings is 1. The Morgan fingerprint density at radius 1 is 1.30 bits per heavy atom. The highest BCUT2D eigenvalue weighted by Crippen LogP contribution is 2.36. The van der Waals surface area contributed by atoms with E-state index in [1.54, 1.807) is 24.3 Å². The second kappa shape index (κ2) is 10.4. The maximum Gasteiger partial charge on any atom is 0.266 e. The Morgan fingerprint density at radius 3 is 2.88 bits per heavy atom. The van der Waals surface area contributed by atoms with Crippen LogP contribution in [0, 0.1) is 0 Å². The number of nitrogens with zero attached hydrogens (tertiary/aromatic N) is 2. The number of thiocarbonyl (C=S) groups is 1. The molecule has 172 valence electrons. The monoisotopic (exact) mass is 483 g/mol. The topological polar surface area (TPSA) is 76.7 Å². The molecular formula is C24H25N3O4S2. The van der Waals surface area contributed by atoms with Gasteiger partial charge in [-0.1, -0.05) is 49.1 Å². The van der Waals surface area contributed by atoms with Gasteiger partial charge in [-0.15, -0.1) is 0 Å². The molecule has 3 heterocycles. The zero-order chi connectivity index (χ0) is 23.4. The number of aryl methyl sites for hydroxylation is 1. The van der Waals surface area contributed by atoms with Crippen LogP contribution in [0.15, 0.2) is 52.1 Å². The molecule has 0 radical (unpaired) electrons. The van der Waals surface area contributed by atoms with Crippen molar-refractivity contribution in [3.63, 3.8) is 0 Å². The van der Waals surface area contributed by atoms with E-state index in [0.29, 0.717) is 34.7 Å². The van der Waals surface area contributed by atoms with E-state index in [-0.39, 0.29) is 18.4 Å². The Bertz CT molecular complexity index is 1210. The van der Waals surface area contributed by atoms with Crippen molar-refractivity contribution in [2.75, 3.05) is 20.3 Å². The van der Waals surface area contributed by atoms with Crippen LogP contribution in [0.4, 0.5) is 0 Å². The molecule has 0 unspecified atom stereocenters. The molecule has 0 saturated carbocycles. The highest BCUT2D eigenvalue weighted by atomic mass is 32.2. The van der Waals surface area contributed by atoms with E-state index < -0.39 is 0 Å². The van der Waals surface area contributed by atoms with Gasteiger partial charge in [0.1, 0.15) is 16.6 Å². The van der Waals surface area contributed by atoms with Crippen molar-refractivity contribution in [1.82, 2.24) is 14.8 Å². The number of furan rings is 1. The van der Waals surface area contributed by atoms with Crippen LogP contribution in [-0.4, -0.2) is 45.9 Å². The van der Waals surface area contributed by atoms with Gasteiger partial charge in [0.2, 0.25) is 5.91 Å². The number of hydrogen-bond acceptors (Lipinski definition) is 6. The first-order valence-electron chi connectivity index (χ1n) is 10.7. The molecule has 1 saturated heterocycles. The number of carbonyl (C=O) groups excluding carboxylic acids is 2. The van der Waals surface area contributed by atoms with Gasteiger partial charge in [0.25, 0.3) is 5.91 Å². The van der Waals surface area contributed by atoms with Crippen molar-refractivity contribution in [1.29, 1.82) is 0 Å². The first-order valence-corrected chi connectivity index (χ1v) is 11.9. The van der Waals surface area contributed by atoms with Gasteiger partial charge >= 0.3 is 0 Å². The average molecular weight is 484 g/mol. The number of carbonyl (C=O) groups is 2. The lowest BCUT2D eigenvalue weighted by Gasteiger charge is -2.11. The molecule has 2 aromatic heterocycles. The van der Waals surface area contributed by atoms with Gasteiger partial charge in [-0.05, 0) is 30.2 Å². The third-order valence-corrected chi connectivity index (χ3v) is 6.77. The van der Waals surface area contributed by atoms with E-state index in [2.05, 4.69) is 18.3 Å². The molecule has 1 N–H and O–H groups in total. The van der Waals surface area contributed by atoms with Gasteiger partial charge in [-0.2, -0.15) is 0 Å². The summed E-state index contributed by atoms with van der Waals surface area (Å²) in [6.45, 7) is 3.50. The summed E-state index contributed by atoms with van der Waals surface area (Å²) in [6.07, 6.45) is 6.20. The highest BCUT2D eigenvalue weighted by Gasteiger charge is 2.33. The predicted octanol–water partition coefficient (Wildman–Crippen LogP) is 3.96. The number of nitrogens with one attached hydrogen (secondary N) is 1. The summed E-state index contributed by atoms with van der Waals surface area (Å²) >= 11 is 6.73. The lowest BCUT2D eigenvalue weighted by molar-refractivity contribution is -0.123. The van der Waals surface area contributed by atoms with E-state index in [0.717, 1.165) is 28.5 Å². The summed E-state index contributed by atoms with van der Waals surface area (Å²) in [5.74, 6) is 0.439. The molecule has 0 spiro atoms. The molecule has 0 aliphatic carbocycles. The lowest BCUT2D eigenvalue weighted by Crippen LogP contribution is -2.30. The van der Waals surface area contributed by atoms with E-state index in [9.17, 15) is 9.59 Å². The number of ether oxygens (including phenoxy) is 1. The maximum absolute atomic E-state index is 13.1. The van der Waals surface area contributed by atoms with E-state index in [1.807, 2.05) is 35.0 Å². The third-order valence-electron chi connectivity index (χ3n) is 5.39. The van der Waals surface area contributed by atoms with Crippen molar-refractivity contribution >= 4 is 57.1 Å². The summed E-state index contributed by atoms with van der Waals surface area (Å²) in [4.78, 5) is 27.6. The molecule has 1 aliphatic rings. The number of methoxy groups -OCH3 is 1. The molecule has 2 amide bonds. The minimum absolute atomic E-state index is 0.0915. The van der Waals surface area contributed by atoms with Gasteiger partial charge in [0.05, 0.1) is 29.8 Å². The van der Waals surface area contributed by atoms with Crippen LogP contribution in [0.5, 0.6) is 0 Å². The zero-order valence-electron chi connectivity index (χ0n) is 18.5. The van der Waals surface area contributed by atoms with Crippen molar-refractivity contribution in [3.8, 4) is 0 Å². The van der Waals surface area contributed by atoms with Crippen LogP contribution in [0.2, 0.25) is 0 Å². The van der Waals surface area contributed by atoms with E-state index in [4.69, 9.17) is 21.4 Å². The predicted molar refractivity (Wildman–Crippen MR) is 134 cm³/mol. The summed E-state index contributed by atoms with van der Waals surface area (Å²) in [7, 11) is 1.60. The minimum atomic E-state index is -0.147. The molecule has 1 aliphatic heterocycles. The molecule has 1 fully saturated rings. The first-order chi connectivity index (χ1) is 16.0. The number of rotatable bonds is 9. The zero-order valence-corrected chi connectivity index (χ0v) is 20.1. The van der Waals surface area contributed by atoms with Crippen molar-refractivity contribution in [2.24, 2.45) is 0 Å². The van der Waals surface area contributed by atoms with Crippen molar-refractivity contribution < 1.29 is 18.7 Å². The molecule has 3 aromatic rings. The van der Waals surface area contributed by atoms with Gasteiger partial charge in [-0.3, -0.25) is 14.5 Å². The summed E-state index contributed by atoms with van der Waals surface area (Å²) < 4.78 is 12.8. The summed E-state index contributed by atoms with van der Waals surface area (Å²) in [5, 5.41) is 3.86. The number of aromatic nitrogens is 1. The number of amides is 2. The smallest absolute Gasteiger partial charge is 0.266 e. The Hall–Kier alpha value is -2.88. The van der Waals surface area contributed by atoms with Crippen LogP contribution in [0.25, 0.3) is 17.0 Å². The van der Waals surface area contributed by atoms with Gasteiger partial charge in [-0.25, -0.2) is 0 Å². The van der Waals surface area contributed by atoms with Crippen LogP contribution >= 0.6 is 24.0 Å². The Balaban J connectivity index is 1.65. The second-order valence-corrected chi connectivity index (χ2v) is 9.24. The lowest BCUT2D eigenvalue weighted by atomic mass is 10.1. The average Bonchev–Trinajstić information content (AvgIpc) is 3.50. The quantitative estimate of drug-likeness (QED) is 0.282. The highest BCUT2D eigenvalue weighted by molar-refractivity contribution is 8.26. The van der Waals surface area contributed by atoms with Crippen LogP contribution in [0.3, 0.4) is 0 Å². The fraction of sp³-hybridized carbons (Fsp3) is 0.292. The molecule has 4 rings (SSSR count). The molecule has 0 atom stereocenters. The first kappa shape index (κ1) is 23.3. The van der Waals surface area contributed by atoms with Crippen LogP contribution < -0.4 is 5.32 Å². The second-order valence-electron chi connectivity index (χ2n) is 7.57. The summed E-state index contributed by atoms with van der Waals surface area (Å²) in [6, 6.07) is 9.69. The van der Waals surface area contributed by atoms with Crippen molar-refractivity contribution in [2.45, 2.75) is 26.4 Å². The number of para-hydroxylation sites is 1. The largest absolute Gasteiger partial charge is 0.467 e. The van der Waals surface area contributed by atoms with E-state index >= 15 is 0 Å². The summed E-state index contributed by atoms with van der Waals surface area (Å²) in [5.41, 5.74) is 3.02. The maximum atomic E-state index is 13.1. The minimum Gasteiger partial charge on any atom is -0.467 e. The fourth-order valence-electron chi connectivity index (χ4n) is 3.83. The van der Waals surface area contributed by atoms with Crippen molar-refractivity contribution in [3.05, 3.63) is 64.6 Å². The van der Waals surface area contributed by atoms with Gasteiger partial charge in [0, 0.05) is 30.8 Å². The van der Waals surface area contributed by atoms with Crippen LogP contribution in [-0.2, 0) is 33.8 Å². The molecule has 9 heteroatoms. The molecular weight excluding hydrogens is 458 g/mol. The molecule has 0 bridgehead atoms. The Labute approximate surface area is 201 Å². The molecule has 33 heavy (non-hydrogen) atoms.